The van der Waals surface area contributed by atoms with E-state index in [0.717, 1.165) is 21.9 Å². The molecule has 2 atom stereocenters. The fourth-order valence-corrected chi connectivity index (χ4v) is 4.11. The molecule has 0 saturated carbocycles. The number of ether oxygens (including phenoxy) is 1. The maximum Gasteiger partial charge on any atom is 0.348 e. The lowest BCUT2D eigenvalue weighted by atomic mass is 9.97. The standard InChI is InChI=1S/C19H23N3O5S/c1-3-27-17(24)16-10-9-15(14-7-5-4-6-8-14)21-18(25)20(19(26)22(16)21)11-12-28-13(2)23/h4-8,15-16H,3,9-12H2,1-2H3. The van der Waals surface area contributed by atoms with Crippen molar-refractivity contribution in [3.8, 4) is 0 Å². The van der Waals surface area contributed by atoms with Crippen LogP contribution in [0.15, 0.2) is 39.9 Å². The van der Waals surface area contributed by atoms with Gasteiger partial charge < -0.3 is 4.74 Å². The Bertz CT molecular complexity index is 976. The van der Waals surface area contributed by atoms with Gasteiger partial charge in [-0.15, -0.1) is 0 Å². The van der Waals surface area contributed by atoms with Crippen molar-refractivity contribution in [1.29, 1.82) is 0 Å². The summed E-state index contributed by atoms with van der Waals surface area (Å²) in [5.41, 5.74) is -0.124. The van der Waals surface area contributed by atoms with Crippen molar-refractivity contribution in [3.05, 3.63) is 56.9 Å². The first-order chi connectivity index (χ1) is 13.5. The number of nitrogens with zero attached hydrogens (tertiary/aromatic N) is 3. The average Bonchev–Trinajstić information content (AvgIpc) is 2.93. The molecule has 1 aromatic carbocycles. The largest absolute Gasteiger partial charge is 0.464 e. The van der Waals surface area contributed by atoms with Gasteiger partial charge in [0, 0.05) is 19.2 Å². The smallest absolute Gasteiger partial charge is 0.348 e. The molecule has 0 aliphatic carbocycles. The van der Waals surface area contributed by atoms with Crippen molar-refractivity contribution >= 4 is 22.8 Å². The molecule has 0 N–H and O–H groups in total. The summed E-state index contributed by atoms with van der Waals surface area (Å²) in [6.07, 6.45) is 0.947. The molecule has 1 aliphatic rings. The SMILES string of the molecule is CCOC(=O)C1CCC(c2ccccc2)n2c(=O)n(CCSC(C)=O)c(=O)n21. The highest BCUT2D eigenvalue weighted by Crippen LogP contribution is 2.31. The van der Waals surface area contributed by atoms with E-state index in [1.165, 1.54) is 16.3 Å². The van der Waals surface area contributed by atoms with E-state index in [2.05, 4.69) is 0 Å². The van der Waals surface area contributed by atoms with Crippen LogP contribution in [0, 0.1) is 0 Å². The Morgan fingerprint density at radius 2 is 1.79 bits per heavy atom. The number of benzene rings is 1. The van der Waals surface area contributed by atoms with E-state index >= 15 is 0 Å². The van der Waals surface area contributed by atoms with E-state index in [4.69, 9.17) is 4.74 Å². The highest BCUT2D eigenvalue weighted by atomic mass is 32.2. The van der Waals surface area contributed by atoms with Crippen LogP contribution in [0.25, 0.3) is 0 Å². The molecule has 1 aliphatic heterocycles. The van der Waals surface area contributed by atoms with Crippen LogP contribution in [-0.2, 0) is 20.9 Å². The van der Waals surface area contributed by atoms with E-state index in [9.17, 15) is 19.2 Å². The molecular formula is C19H23N3O5S. The van der Waals surface area contributed by atoms with Crippen molar-refractivity contribution in [2.75, 3.05) is 12.4 Å². The average molecular weight is 405 g/mol. The molecule has 2 aromatic rings. The van der Waals surface area contributed by atoms with Gasteiger partial charge >= 0.3 is 17.3 Å². The summed E-state index contributed by atoms with van der Waals surface area (Å²) >= 11 is 1.05. The zero-order valence-corrected chi connectivity index (χ0v) is 16.7. The summed E-state index contributed by atoms with van der Waals surface area (Å²) in [5, 5.41) is -0.0799. The van der Waals surface area contributed by atoms with Gasteiger partial charge in [0.05, 0.1) is 12.6 Å². The predicted octanol–water partition coefficient (Wildman–Crippen LogP) is 1.58. The molecule has 0 amide bonds. The van der Waals surface area contributed by atoms with Gasteiger partial charge in [-0.1, -0.05) is 42.1 Å². The van der Waals surface area contributed by atoms with Crippen LogP contribution in [0.3, 0.4) is 0 Å². The molecule has 2 heterocycles. The maximum atomic E-state index is 13.1. The molecule has 2 unspecified atom stereocenters. The minimum Gasteiger partial charge on any atom is -0.464 e. The minimum absolute atomic E-state index is 0.0799. The minimum atomic E-state index is -0.832. The highest BCUT2D eigenvalue weighted by molar-refractivity contribution is 8.13. The van der Waals surface area contributed by atoms with E-state index < -0.39 is 23.4 Å². The summed E-state index contributed by atoms with van der Waals surface area (Å²) in [5.74, 6) is -0.200. The number of aromatic nitrogens is 3. The van der Waals surface area contributed by atoms with E-state index in [1.54, 1.807) is 6.92 Å². The zero-order valence-electron chi connectivity index (χ0n) is 15.9. The summed E-state index contributed by atoms with van der Waals surface area (Å²) in [4.78, 5) is 49.7. The van der Waals surface area contributed by atoms with Crippen molar-refractivity contribution in [1.82, 2.24) is 13.9 Å². The third kappa shape index (κ3) is 3.84. The second kappa shape index (κ2) is 8.64. The van der Waals surface area contributed by atoms with Crippen LogP contribution < -0.4 is 11.4 Å². The van der Waals surface area contributed by atoms with Crippen LogP contribution in [0.5, 0.6) is 0 Å². The van der Waals surface area contributed by atoms with Gasteiger partial charge in [0.1, 0.15) is 0 Å². The van der Waals surface area contributed by atoms with Crippen LogP contribution >= 0.6 is 11.8 Å². The molecule has 28 heavy (non-hydrogen) atoms. The highest BCUT2D eigenvalue weighted by Gasteiger charge is 2.37. The van der Waals surface area contributed by atoms with Crippen molar-refractivity contribution in [2.24, 2.45) is 0 Å². The van der Waals surface area contributed by atoms with E-state index in [1.807, 2.05) is 30.3 Å². The Labute approximate surface area is 166 Å². The Hall–Kier alpha value is -2.55. The fraction of sp³-hybridized carbons (Fsp3) is 0.474. The summed E-state index contributed by atoms with van der Waals surface area (Å²) in [6, 6.07) is 8.27. The van der Waals surface area contributed by atoms with E-state index in [0.29, 0.717) is 18.6 Å². The molecular weight excluding hydrogens is 382 g/mol. The van der Waals surface area contributed by atoms with E-state index in [-0.39, 0.29) is 24.3 Å². The monoisotopic (exact) mass is 405 g/mol. The van der Waals surface area contributed by atoms with Gasteiger partial charge in [-0.2, -0.15) is 0 Å². The van der Waals surface area contributed by atoms with Crippen LogP contribution in [0.4, 0.5) is 0 Å². The van der Waals surface area contributed by atoms with Gasteiger partial charge in [0.15, 0.2) is 11.2 Å². The molecule has 9 heteroatoms. The summed E-state index contributed by atoms with van der Waals surface area (Å²) in [6.45, 7) is 3.44. The van der Waals surface area contributed by atoms with Gasteiger partial charge in [0.2, 0.25) is 0 Å². The number of fused-ring (bicyclic) bond motifs is 1. The number of carbonyl (C=O) groups is 2. The molecule has 1 aromatic heterocycles. The topological polar surface area (TPSA) is 92.3 Å². The van der Waals surface area contributed by atoms with Gasteiger partial charge in [-0.3, -0.25) is 4.79 Å². The first-order valence-electron chi connectivity index (χ1n) is 9.24. The zero-order chi connectivity index (χ0) is 20.3. The van der Waals surface area contributed by atoms with Gasteiger partial charge in [-0.25, -0.2) is 28.3 Å². The normalized spacial score (nSPS) is 18.5. The summed E-state index contributed by atoms with van der Waals surface area (Å²) < 4.78 is 8.84. The maximum absolute atomic E-state index is 13.1. The lowest BCUT2D eigenvalue weighted by Gasteiger charge is -2.30. The lowest BCUT2D eigenvalue weighted by Crippen LogP contribution is -2.41. The number of hydrogen-bond acceptors (Lipinski definition) is 6. The molecule has 3 rings (SSSR count). The predicted molar refractivity (Wildman–Crippen MR) is 106 cm³/mol. The fourth-order valence-electron chi connectivity index (χ4n) is 3.55. The molecule has 0 fully saturated rings. The molecule has 0 saturated heterocycles. The number of carbonyl (C=O) groups excluding carboxylic acids is 2. The number of thioether (sulfide) groups is 1. The van der Waals surface area contributed by atoms with Crippen molar-refractivity contribution in [3.63, 3.8) is 0 Å². The quantitative estimate of drug-likeness (QED) is 0.678. The second-order valence-electron chi connectivity index (χ2n) is 6.52. The first kappa shape index (κ1) is 20.2. The van der Waals surface area contributed by atoms with Crippen molar-refractivity contribution < 1.29 is 14.3 Å². The number of esters is 1. The first-order valence-corrected chi connectivity index (χ1v) is 10.2. The number of hydrogen-bond donors (Lipinski definition) is 0. The van der Waals surface area contributed by atoms with Gasteiger partial charge in [-0.05, 0) is 25.3 Å². The molecule has 0 bridgehead atoms. The second-order valence-corrected chi connectivity index (χ2v) is 7.79. The molecule has 8 nitrogen and oxygen atoms in total. The van der Waals surface area contributed by atoms with Crippen LogP contribution in [0.2, 0.25) is 0 Å². The third-order valence-electron chi connectivity index (χ3n) is 4.75. The number of rotatable bonds is 6. The van der Waals surface area contributed by atoms with Gasteiger partial charge in [0.25, 0.3) is 0 Å². The molecule has 150 valence electrons. The molecule has 0 spiro atoms. The molecule has 0 radical (unpaired) electrons. The Kier molecular flexibility index (Phi) is 6.23. The van der Waals surface area contributed by atoms with Crippen LogP contribution in [-0.4, -0.2) is 37.4 Å². The third-order valence-corrected chi connectivity index (χ3v) is 5.55. The summed E-state index contributed by atoms with van der Waals surface area (Å²) in [7, 11) is 0. The Balaban J connectivity index is 2.09. The Morgan fingerprint density at radius 3 is 2.43 bits per heavy atom. The Morgan fingerprint density at radius 1 is 1.11 bits per heavy atom. The lowest BCUT2D eigenvalue weighted by molar-refractivity contribution is -0.149. The van der Waals surface area contributed by atoms with Crippen LogP contribution in [0.1, 0.15) is 44.3 Å². The van der Waals surface area contributed by atoms with Crippen molar-refractivity contribution in [2.45, 2.75) is 45.3 Å².